The number of nitrogens with one attached hydrogen (secondary N) is 1. The smallest absolute Gasteiger partial charge is 0.259 e. The lowest BCUT2D eigenvalue weighted by atomic mass is 10.1. The van der Waals surface area contributed by atoms with Gasteiger partial charge in [-0.15, -0.1) is 0 Å². The molecule has 0 aliphatic carbocycles. The molecule has 2 aromatic carbocycles. The first-order chi connectivity index (χ1) is 8.97. The van der Waals surface area contributed by atoms with Crippen LogP contribution in [-0.4, -0.2) is 11.0 Å². The van der Waals surface area contributed by atoms with Crippen molar-refractivity contribution < 1.29 is 14.3 Å². The largest absolute Gasteiger partial charge is 0.507 e. The second kappa shape index (κ2) is 5.28. The first-order valence-electron chi connectivity index (χ1n) is 5.53. The van der Waals surface area contributed by atoms with Crippen molar-refractivity contribution in [3.63, 3.8) is 0 Å². The van der Waals surface area contributed by atoms with Crippen molar-refractivity contribution in [3.05, 3.63) is 58.4 Å². The van der Waals surface area contributed by atoms with Gasteiger partial charge in [-0.2, -0.15) is 0 Å². The molecule has 0 fully saturated rings. The number of anilines is 1. The Labute approximate surface area is 114 Å². The number of carbonyl (C=O) groups is 1. The summed E-state index contributed by atoms with van der Waals surface area (Å²) in [5.41, 5.74) is 0.838. The molecule has 0 heterocycles. The minimum Gasteiger partial charge on any atom is -0.507 e. The summed E-state index contributed by atoms with van der Waals surface area (Å²) in [6, 6.07) is 8.50. The van der Waals surface area contributed by atoms with E-state index in [1.54, 1.807) is 19.1 Å². The molecule has 2 aromatic rings. The Morgan fingerprint density at radius 2 is 2.00 bits per heavy atom. The van der Waals surface area contributed by atoms with Crippen molar-refractivity contribution >= 4 is 23.2 Å². The van der Waals surface area contributed by atoms with E-state index in [9.17, 15) is 14.3 Å². The third-order valence-corrected chi connectivity index (χ3v) is 2.87. The lowest BCUT2D eigenvalue weighted by Gasteiger charge is -2.08. The second-order valence-corrected chi connectivity index (χ2v) is 4.52. The lowest BCUT2D eigenvalue weighted by Crippen LogP contribution is -2.12. The molecule has 0 unspecified atom stereocenters. The van der Waals surface area contributed by atoms with Crippen LogP contribution in [0.2, 0.25) is 5.02 Å². The van der Waals surface area contributed by atoms with Gasteiger partial charge < -0.3 is 10.4 Å². The zero-order valence-electron chi connectivity index (χ0n) is 10.1. The van der Waals surface area contributed by atoms with Crippen LogP contribution in [0.5, 0.6) is 5.75 Å². The van der Waals surface area contributed by atoms with E-state index >= 15 is 0 Å². The molecule has 0 aliphatic heterocycles. The summed E-state index contributed by atoms with van der Waals surface area (Å²) in [5, 5.41) is 12.4. The highest BCUT2D eigenvalue weighted by atomic mass is 35.5. The van der Waals surface area contributed by atoms with Gasteiger partial charge in [0, 0.05) is 10.7 Å². The molecule has 0 atom stereocenters. The van der Waals surface area contributed by atoms with Crippen LogP contribution in [0.15, 0.2) is 36.4 Å². The van der Waals surface area contributed by atoms with Crippen molar-refractivity contribution in [2.24, 2.45) is 0 Å². The molecule has 98 valence electrons. The Balaban J connectivity index is 2.25. The van der Waals surface area contributed by atoms with Gasteiger partial charge in [0.1, 0.15) is 11.6 Å². The van der Waals surface area contributed by atoms with Crippen LogP contribution in [0, 0.1) is 12.7 Å². The van der Waals surface area contributed by atoms with Crippen LogP contribution in [-0.2, 0) is 0 Å². The summed E-state index contributed by atoms with van der Waals surface area (Å²) in [5.74, 6) is -1.15. The number of phenols is 1. The van der Waals surface area contributed by atoms with E-state index in [1.807, 2.05) is 0 Å². The predicted octanol–water partition coefficient (Wildman–Crippen LogP) is 3.75. The molecule has 1 amide bonds. The van der Waals surface area contributed by atoms with Gasteiger partial charge in [0.25, 0.3) is 5.91 Å². The monoisotopic (exact) mass is 279 g/mol. The third-order valence-electron chi connectivity index (χ3n) is 2.63. The zero-order valence-corrected chi connectivity index (χ0v) is 10.8. The SMILES string of the molecule is Cc1ccc(NC(=O)c2cc(Cl)ccc2O)cc1F. The maximum atomic E-state index is 13.4. The maximum Gasteiger partial charge on any atom is 0.259 e. The van der Waals surface area contributed by atoms with E-state index in [2.05, 4.69) is 5.32 Å². The highest BCUT2D eigenvalue weighted by Gasteiger charge is 2.12. The number of phenolic OH excluding ortho intramolecular Hbond substituents is 1. The van der Waals surface area contributed by atoms with E-state index in [0.29, 0.717) is 16.3 Å². The fraction of sp³-hybridized carbons (Fsp3) is 0.0714. The number of halogens is 2. The van der Waals surface area contributed by atoms with E-state index < -0.39 is 11.7 Å². The highest BCUT2D eigenvalue weighted by Crippen LogP contribution is 2.23. The van der Waals surface area contributed by atoms with E-state index in [-0.39, 0.29) is 11.3 Å². The van der Waals surface area contributed by atoms with Gasteiger partial charge in [-0.1, -0.05) is 17.7 Å². The molecule has 0 aliphatic rings. The van der Waals surface area contributed by atoms with Gasteiger partial charge in [0.15, 0.2) is 0 Å². The first kappa shape index (κ1) is 13.4. The number of aromatic hydroxyl groups is 1. The van der Waals surface area contributed by atoms with Crippen LogP contribution >= 0.6 is 11.6 Å². The molecular weight excluding hydrogens is 269 g/mol. The average molecular weight is 280 g/mol. The zero-order chi connectivity index (χ0) is 14.0. The molecule has 0 saturated heterocycles. The number of rotatable bonds is 2. The molecule has 0 radical (unpaired) electrons. The van der Waals surface area contributed by atoms with Gasteiger partial charge in [0.2, 0.25) is 0 Å². The van der Waals surface area contributed by atoms with E-state index in [0.717, 1.165) is 0 Å². The summed E-state index contributed by atoms with van der Waals surface area (Å²) in [4.78, 5) is 11.9. The minimum atomic E-state index is -0.553. The van der Waals surface area contributed by atoms with Gasteiger partial charge in [-0.25, -0.2) is 4.39 Å². The summed E-state index contributed by atoms with van der Waals surface area (Å²) >= 11 is 5.76. The molecule has 3 nitrogen and oxygen atoms in total. The van der Waals surface area contributed by atoms with Crippen LogP contribution < -0.4 is 5.32 Å². The molecule has 0 bridgehead atoms. The average Bonchev–Trinajstić information content (AvgIpc) is 2.36. The Kier molecular flexibility index (Phi) is 3.71. The predicted molar refractivity (Wildman–Crippen MR) is 72.2 cm³/mol. The van der Waals surface area contributed by atoms with Crippen LogP contribution in [0.4, 0.5) is 10.1 Å². The van der Waals surface area contributed by atoms with Crippen molar-refractivity contribution in [1.82, 2.24) is 0 Å². The molecule has 2 N–H and O–H groups in total. The molecule has 0 saturated carbocycles. The van der Waals surface area contributed by atoms with Crippen LogP contribution in [0.25, 0.3) is 0 Å². The highest BCUT2D eigenvalue weighted by molar-refractivity contribution is 6.31. The molecule has 0 spiro atoms. The van der Waals surface area contributed by atoms with E-state index in [4.69, 9.17) is 11.6 Å². The Bertz CT molecular complexity index is 643. The molecule has 0 aromatic heterocycles. The Morgan fingerprint density at radius 3 is 2.68 bits per heavy atom. The number of aryl methyl sites for hydroxylation is 1. The fourth-order valence-corrected chi connectivity index (χ4v) is 1.73. The van der Waals surface area contributed by atoms with Crippen LogP contribution in [0.1, 0.15) is 15.9 Å². The lowest BCUT2D eigenvalue weighted by molar-refractivity contribution is 0.102. The molecule has 5 heteroatoms. The molecule has 19 heavy (non-hydrogen) atoms. The third kappa shape index (κ3) is 3.03. The van der Waals surface area contributed by atoms with Crippen molar-refractivity contribution in [2.45, 2.75) is 6.92 Å². The van der Waals surface area contributed by atoms with Gasteiger partial charge in [-0.3, -0.25) is 4.79 Å². The van der Waals surface area contributed by atoms with Gasteiger partial charge >= 0.3 is 0 Å². The van der Waals surface area contributed by atoms with E-state index in [1.165, 1.54) is 24.3 Å². The van der Waals surface area contributed by atoms with Crippen LogP contribution in [0.3, 0.4) is 0 Å². The Hall–Kier alpha value is -2.07. The molecule has 2 rings (SSSR count). The summed E-state index contributed by atoms with van der Waals surface area (Å²) < 4.78 is 13.4. The fourth-order valence-electron chi connectivity index (χ4n) is 1.56. The van der Waals surface area contributed by atoms with Gasteiger partial charge in [-0.05, 0) is 42.8 Å². The first-order valence-corrected chi connectivity index (χ1v) is 5.91. The second-order valence-electron chi connectivity index (χ2n) is 4.08. The van der Waals surface area contributed by atoms with Crippen molar-refractivity contribution in [1.29, 1.82) is 0 Å². The summed E-state index contributed by atoms with van der Waals surface area (Å²) in [6.45, 7) is 1.63. The number of carbonyl (C=O) groups excluding carboxylic acids is 1. The van der Waals surface area contributed by atoms with Crippen molar-refractivity contribution in [3.8, 4) is 5.75 Å². The van der Waals surface area contributed by atoms with Gasteiger partial charge in [0.05, 0.1) is 5.56 Å². The minimum absolute atomic E-state index is 0.0356. The van der Waals surface area contributed by atoms with Crippen molar-refractivity contribution in [2.75, 3.05) is 5.32 Å². The number of hydrogen-bond acceptors (Lipinski definition) is 2. The number of benzene rings is 2. The maximum absolute atomic E-state index is 13.4. The summed E-state index contributed by atoms with van der Waals surface area (Å²) in [7, 11) is 0. The normalized spacial score (nSPS) is 10.3. The topological polar surface area (TPSA) is 49.3 Å². The number of hydrogen-bond donors (Lipinski definition) is 2. The molecular formula is C14H11ClFNO2. The summed E-state index contributed by atoms with van der Waals surface area (Å²) in [6.07, 6.45) is 0. The standard InChI is InChI=1S/C14H11ClFNO2/c1-8-2-4-10(7-12(8)16)17-14(19)11-6-9(15)3-5-13(11)18/h2-7,18H,1H3,(H,17,19). The Morgan fingerprint density at radius 1 is 1.26 bits per heavy atom. The quantitative estimate of drug-likeness (QED) is 0.880. The number of amides is 1.